The largest absolute Gasteiger partial charge is 0.354 e. The van der Waals surface area contributed by atoms with Crippen LogP contribution < -0.4 is 16.0 Å². The predicted molar refractivity (Wildman–Crippen MR) is 128 cm³/mol. The van der Waals surface area contributed by atoms with Crippen LogP contribution in [0.4, 0.5) is 4.79 Å². The molecule has 2 heterocycles. The van der Waals surface area contributed by atoms with Crippen LogP contribution in [0.15, 0.2) is 36.8 Å². The average Bonchev–Trinajstić information content (AvgIpc) is 3.31. The summed E-state index contributed by atoms with van der Waals surface area (Å²) in [5, 5.41) is 18.3. The second-order valence-corrected chi connectivity index (χ2v) is 9.06. The van der Waals surface area contributed by atoms with Gasteiger partial charge in [-0.25, -0.2) is 9.78 Å². The maximum atomic E-state index is 12.9. The lowest BCUT2D eigenvalue weighted by atomic mass is 9.96. The maximum Gasteiger partial charge on any atom is 0.318 e. The first-order valence-corrected chi connectivity index (χ1v) is 12.2. The molecule has 1 unspecified atom stereocenters. The molecule has 1 saturated carbocycles. The summed E-state index contributed by atoms with van der Waals surface area (Å²) >= 11 is 0. The number of hydrogen-bond acceptors (Lipinski definition) is 5. The number of aromatic nitrogens is 2. The Bertz CT molecular complexity index is 1010. The summed E-state index contributed by atoms with van der Waals surface area (Å²) in [6.07, 6.45) is 9.79. The zero-order valence-electron chi connectivity index (χ0n) is 19.5. The molecule has 1 aromatic carbocycles. The van der Waals surface area contributed by atoms with Gasteiger partial charge < -0.3 is 25.4 Å². The van der Waals surface area contributed by atoms with Crippen LogP contribution in [0, 0.1) is 11.3 Å². The summed E-state index contributed by atoms with van der Waals surface area (Å²) in [4.78, 5) is 31.8. The van der Waals surface area contributed by atoms with Gasteiger partial charge in [0.2, 0.25) is 5.91 Å². The van der Waals surface area contributed by atoms with Crippen LogP contribution in [0.5, 0.6) is 0 Å². The van der Waals surface area contributed by atoms with Gasteiger partial charge in [0.25, 0.3) is 0 Å². The first-order chi connectivity index (χ1) is 16.6. The van der Waals surface area contributed by atoms with E-state index in [1.54, 1.807) is 23.4 Å². The number of nitriles is 1. The second kappa shape index (κ2) is 11.7. The Hall–Kier alpha value is -3.38. The number of rotatable bonds is 7. The van der Waals surface area contributed by atoms with Gasteiger partial charge in [0, 0.05) is 57.1 Å². The molecule has 1 aromatic heterocycles. The minimum atomic E-state index is -0.513. The van der Waals surface area contributed by atoms with Crippen LogP contribution in [0.25, 0.3) is 0 Å². The van der Waals surface area contributed by atoms with E-state index in [2.05, 4.69) is 27.0 Å². The number of benzene rings is 1. The average molecular weight is 464 g/mol. The highest BCUT2D eigenvalue weighted by atomic mass is 16.2. The molecule has 0 bridgehead atoms. The van der Waals surface area contributed by atoms with Crippen molar-refractivity contribution in [1.29, 1.82) is 5.26 Å². The maximum absolute atomic E-state index is 12.9. The zero-order valence-corrected chi connectivity index (χ0v) is 19.5. The van der Waals surface area contributed by atoms with Crippen molar-refractivity contribution in [2.75, 3.05) is 26.2 Å². The SMILES string of the molecule is N#Cc1ccc(Cn2cncc2CCNC(=O)C2CNCCN2C(=O)NC2CCCCC2)cc1. The molecule has 9 nitrogen and oxygen atoms in total. The number of hydrogen-bond donors (Lipinski definition) is 3. The van der Waals surface area contributed by atoms with E-state index in [9.17, 15) is 9.59 Å². The predicted octanol–water partition coefficient (Wildman–Crippen LogP) is 1.78. The molecule has 3 amide bonds. The molecule has 0 radical (unpaired) electrons. The van der Waals surface area contributed by atoms with Crippen LogP contribution in [0.3, 0.4) is 0 Å². The lowest BCUT2D eigenvalue weighted by Gasteiger charge is -2.36. The number of amides is 3. The van der Waals surface area contributed by atoms with Gasteiger partial charge in [-0.05, 0) is 30.5 Å². The monoisotopic (exact) mass is 463 g/mol. The Morgan fingerprint density at radius 2 is 1.97 bits per heavy atom. The Kier molecular flexibility index (Phi) is 8.15. The van der Waals surface area contributed by atoms with Gasteiger partial charge in [-0.1, -0.05) is 31.4 Å². The number of urea groups is 1. The van der Waals surface area contributed by atoms with Crippen LogP contribution >= 0.6 is 0 Å². The van der Waals surface area contributed by atoms with Crippen LogP contribution in [-0.4, -0.2) is 64.7 Å². The second-order valence-electron chi connectivity index (χ2n) is 9.06. The minimum Gasteiger partial charge on any atom is -0.354 e. The molecule has 1 aliphatic heterocycles. The quantitative estimate of drug-likeness (QED) is 0.579. The highest BCUT2D eigenvalue weighted by Gasteiger charge is 2.33. The van der Waals surface area contributed by atoms with Crippen molar-refractivity contribution in [3.8, 4) is 6.07 Å². The normalized spacial score (nSPS) is 18.8. The topological polar surface area (TPSA) is 115 Å². The van der Waals surface area contributed by atoms with Gasteiger partial charge in [0.05, 0.1) is 18.0 Å². The first kappa shape index (κ1) is 23.8. The first-order valence-electron chi connectivity index (χ1n) is 12.2. The Labute approximate surface area is 200 Å². The molecule has 9 heteroatoms. The summed E-state index contributed by atoms with van der Waals surface area (Å²) in [5.41, 5.74) is 2.73. The van der Waals surface area contributed by atoms with Crippen molar-refractivity contribution in [3.63, 3.8) is 0 Å². The van der Waals surface area contributed by atoms with Crippen molar-refractivity contribution < 1.29 is 9.59 Å². The van der Waals surface area contributed by atoms with E-state index in [4.69, 9.17) is 5.26 Å². The van der Waals surface area contributed by atoms with Crippen molar-refractivity contribution >= 4 is 11.9 Å². The number of carbonyl (C=O) groups is 2. The molecule has 34 heavy (non-hydrogen) atoms. The fraction of sp³-hybridized carbons (Fsp3) is 0.520. The summed E-state index contributed by atoms with van der Waals surface area (Å²) in [6.45, 7) is 2.79. The summed E-state index contributed by atoms with van der Waals surface area (Å²) in [5.74, 6) is -0.135. The Balaban J connectivity index is 1.28. The number of imidazole rings is 1. The highest BCUT2D eigenvalue weighted by molar-refractivity contribution is 5.87. The number of carbonyl (C=O) groups excluding carboxylic acids is 2. The van der Waals surface area contributed by atoms with Crippen LogP contribution in [-0.2, 0) is 17.8 Å². The third-order valence-corrected chi connectivity index (χ3v) is 6.65. The van der Waals surface area contributed by atoms with Gasteiger partial charge in [0.1, 0.15) is 6.04 Å². The molecular formula is C25H33N7O2. The highest BCUT2D eigenvalue weighted by Crippen LogP contribution is 2.18. The molecule has 1 atom stereocenters. The number of nitrogens with zero attached hydrogens (tertiary/aromatic N) is 4. The van der Waals surface area contributed by atoms with Crippen molar-refractivity contribution in [3.05, 3.63) is 53.6 Å². The number of nitrogens with one attached hydrogen (secondary N) is 3. The molecule has 2 aromatic rings. The standard InChI is InChI=1S/C25H33N7O2/c26-14-19-6-8-20(9-7-19)17-31-18-28-15-22(31)10-11-29-24(33)23-16-27-12-13-32(23)25(34)30-21-4-2-1-3-5-21/h6-9,15,18,21,23,27H,1-5,10-13,16-17H2,(H,29,33)(H,30,34). The summed E-state index contributed by atoms with van der Waals surface area (Å²) in [6, 6.07) is 9.19. The third kappa shape index (κ3) is 6.14. The van der Waals surface area contributed by atoms with E-state index in [0.717, 1.165) is 36.9 Å². The molecule has 2 fully saturated rings. The lowest BCUT2D eigenvalue weighted by molar-refractivity contribution is -0.125. The summed E-state index contributed by atoms with van der Waals surface area (Å²) in [7, 11) is 0. The molecule has 0 spiro atoms. The van der Waals surface area contributed by atoms with Gasteiger partial charge >= 0.3 is 6.03 Å². The molecular weight excluding hydrogens is 430 g/mol. The zero-order chi connectivity index (χ0) is 23.8. The van der Waals surface area contributed by atoms with E-state index >= 15 is 0 Å². The van der Waals surface area contributed by atoms with Crippen molar-refractivity contribution in [1.82, 2.24) is 30.4 Å². The minimum absolute atomic E-state index is 0.131. The van der Waals surface area contributed by atoms with E-state index in [0.29, 0.717) is 44.7 Å². The third-order valence-electron chi connectivity index (χ3n) is 6.65. The number of piperazine rings is 1. The van der Waals surface area contributed by atoms with Gasteiger partial charge in [-0.3, -0.25) is 4.79 Å². The molecule has 4 rings (SSSR count). The van der Waals surface area contributed by atoms with Crippen molar-refractivity contribution in [2.45, 2.75) is 57.2 Å². The molecule has 2 aliphatic rings. The van der Waals surface area contributed by atoms with Gasteiger partial charge in [0.15, 0.2) is 0 Å². The molecule has 1 aliphatic carbocycles. The molecule has 3 N–H and O–H groups in total. The van der Waals surface area contributed by atoms with Crippen LogP contribution in [0.2, 0.25) is 0 Å². The fourth-order valence-electron chi connectivity index (χ4n) is 4.70. The molecule has 1 saturated heterocycles. The van der Waals surface area contributed by atoms with E-state index in [-0.39, 0.29) is 18.0 Å². The molecule has 180 valence electrons. The van der Waals surface area contributed by atoms with Gasteiger partial charge in [-0.2, -0.15) is 5.26 Å². The van der Waals surface area contributed by atoms with E-state index in [1.807, 2.05) is 22.9 Å². The Morgan fingerprint density at radius 1 is 1.18 bits per heavy atom. The van der Waals surface area contributed by atoms with Crippen LogP contribution in [0.1, 0.15) is 48.9 Å². The lowest BCUT2D eigenvalue weighted by Crippen LogP contribution is -2.62. The van der Waals surface area contributed by atoms with Gasteiger partial charge in [-0.15, -0.1) is 0 Å². The van der Waals surface area contributed by atoms with E-state index in [1.165, 1.54) is 6.42 Å². The van der Waals surface area contributed by atoms with E-state index < -0.39 is 6.04 Å². The van der Waals surface area contributed by atoms with Crippen molar-refractivity contribution in [2.24, 2.45) is 0 Å². The summed E-state index contributed by atoms with van der Waals surface area (Å²) < 4.78 is 2.04. The smallest absolute Gasteiger partial charge is 0.318 e. The fourth-order valence-corrected chi connectivity index (χ4v) is 4.70. The Morgan fingerprint density at radius 3 is 2.74 bits per heavy atom.